The number of carbonyl (C=O) groups is 1. The third-order valence-corrected chi connectivity index (χ3v) is 6.29. The number of anilines is 1. The molecule has 144 valence electrons. The lowest BCUT2D eigenvalue weighted by Gasteiger charge is -2.27. The Kier molecular flexibility index (Phi) is 6.42. The van der Waals surface area contributed by atoms with Crippen LogP contribution in [0.1, 0.15) is 17.7 Å². The van der Waals surface area contributed by atoms with Crippen LogP contribution < -0.4 is 9.64 Å². The van der Waals surface area contributed by atoms with E-state index in [2.05, 4.69) is 11.8 Å². The van der Waals surface area contributed by atoms with Crippen molar-refractivity contribution >= 4 is 23.4 Å². The molecule has 1 aliphatic rings. The Balaban J connectivity index is 1.94. The molecule has 2 unspecified atom stereocenters. The van der Waals surface area contributed by atoms with Crippen molar-refractivity contribution in [3.05, 3.63) is 54.1 Å². The van der Waals surface area contributed by atoms with Crippen LogP contribution in [-0.2, 0) is 4.79 Å². The number of fused-ring (bicyclic) bond motifs is 1. The zero-order valence-corrected chi connectivity index (χ0v) is 16.8. The van der Waals surface area contributed by atoms with Crippen LogP contribution in [0.15, 0.2) is 53.4 Å². The molecule has 0 aromatic heterocycles. The molecule has 1 heterocycles. The van der Waals surface area contributed by atoms with Gasteiger partial charge in [0.25, 0.3) is 5.91 Å². The van der Waals surface area contributed by atoms with Crippen LogP contribution in [0, 0.1) is 0 Å². The molecule has 1 amide bonds. The molecule has 5 nitrogen and oxygen atoms in total. The fraction of sp³-hybridized carbons (Fsp3) is 0.381. The maximum atomic E-state index is 13.1. The van der Waals surface area contributed by atoms with E-state index in [1.165, 1.54) is 11.8 Å². The summed E-state index contributed by atoms with van der Waals surface area (Å²) in [5.41, 5.74) is 1.77. The van der Waals surface area contributed by atoms with E-state index in [0.29, 0.717) is 6.54 Å². The highest BCUT2D eigenvalue weighted by atomic mass is 32.2. The van der Waals surface area contributed by atoms with Crippen molar-refractivity contribution in [2.75, 3.05) is 38.7 Å². The van der Waals surface area contributed by atoms with Crippen molar-refractivity contribution in [3.63, 3.8) is 0 Å². The van der Waals surface area contributed by atoms with Crippen molar-refractivity contribution in [2.24, 2.45) is 0 Å². The predicted octanol–water partition coefficient (Wildman–Crippen LogP) is 3.19. The van der Waals surface area contributed by atoms with Crippen molar-refractivity contribution in [1.82, 2.24) is 4.90 Å². The summed E-state index contributed by atoms with van der Waals surface area (Å²) in [6.07, 6.45) is -1.11. The number of amides is 1. The molecule has 6 heteroatoms. The maximum absolute atomic E-state index is 13.1. The first-order chi connectivity index (χ1) is 13.0. The number of carbonyl (C=O) groups excluding carboxylic acids is 1. The van der Waals surface area contributed by atoms with Crippen LogP contribution in [0.3, 0.4) is 0 Å². The molecule has 2 aromatic rings. The summed E-state index contributed by atoms with van der Waals surface area (Å²) >= 11 is 1.53. The number of methoxy groups -OCH3 is 1. The fourth-order valence-electron chi connectivity index (χ4n) is 3.09. The van der Waals surface area contributed by atoms with Gasteiger partial charge < -0.3 is 19.6 Å². The number of para-hydroxylation sites is 1. The van der Waals surface area contributed by atoms with E-state index < -0.39 is 6.10 Å². The molecule has 0 spiro atoms. The van der Waals surface area contributed by atoms with Crippen LogP contribution in [0.4, 0.5) is 5.69 Å². The monoisotopic (exact) mass is 386 g/mol. The summed E-state index contributed by atoms with van der Waals surface area (Å²) in [4.78, 5) is 18.0. The third-order valence-electron chi connectivity index (χ3n) is 4.91. The Morgan fingerprint density at radius 2 is 1.89 bits per heavy atom. The first kappa shape index (κ1) is 19.7. The molecule has 0 saturated carbocycles. The van der Waals surface area contributed by atoms with Gasteiger partial charge in [-0.1, -0.05) is 31.2 Å². The number of aliphatic hydroxyl groups excluding tert-OH is 1. The van der Waals surface area contributed by atoms with Gasteiger partial charge in [-0.2, -0.15) is 0 Å². The quantitative estimate of drug-likeness (QED) is 0.826. The highest BCUT2D eigenvalue weighted by molar-refractivity contribution is 7.99. The zero-order chi connectivity index (χ0) is 19.4. The second kappa shape index (κ2) is 8.78. The van der Waals surface area contributed by atoms with Crippen molar-refractivity contribution in [2.45, 2.75) is 23.2 Å². The second-order valence-corrected chi connectivity index (χ2v) is 7.79. The molecular weight excluding hydrogens is 360 g/mol. The Hall–Kier alpha value is -2.02. The van der Waals surface area contributed by atoms with Crippen LogP contribution in [0.25, 0.3) is 0 Å². The van der Waals surface area contributed by atoms with Gasteiger partial charge in [0.15, 0.2) is 0 Å². The average Bonchev–Trinajstić information content (AvgIpc) is 2.81. The largest absolute Gasteiger partial charge is 0.497 e. The molecule has 2 aromatic carbocycles. The predicted molar refractivity (Wildman–Crippen MR) is 110 cm³/mol. The molecule has 27 heavy (non-hydrogen) atoms. The normalized spacial score (nSPS) is 19.7. The molecule has 1 N–H and O–H groups in total. The number of benzene rings is 2. The topological polar surface area (TPSA) is 53.0 Å². The van der Waals surface area contributed by atoms with Gasteiger partial charge in [0.05, 0.1) is 18.0 Å². The first-order valence-corrected chi connectivity index (χ1v) is 10.0. The maximum Gasteiger partial charge on any atom is 0.257 e. The molecule has 2 atom stereocenters. The van der Waals surface area contributed by atoms with Crippen LogP contribution in [-0.4, -0.2) is 55.8 Å². The fourth-order valence-corrected chi connectivity index (χ4v) is 4.36. The van der Waals surface area contributed by atoms with Gasteiger partial charge in [-0.25, -0.2) is 0 Å². The van der Waals surface area contributed by atoms with Gasteiger partial charge >= 0.3 is 0 Å². The SMILES string of the molecule is CCN(C)CCN1C(=O)C(O)C(c2ccc(OC)cc2)Sc2ccccc21. The van der Waals surface area contributed by atoms with E-state index in [9.17, 15) is 9.90 Å². The number of hydrogen-bond acceptors (Lipinski definition) is 5. The Morgan fingerprint density at radius 3 is 2.56 bits per heavy atom. The second-order valence-electron chi connectivity index (χ2n) is 6.61. The third kappa shape index (κ3) is 4.29. The van der Waals surface area contributed by atoms with Gasteiger partial charge in [0.1, 0.15) is 11.9 Å². The smallest absolute Gasteiger partial charge is 0.257 e. The molecule has 3 rings (SSSR count). The highest BCUT2D eigenvalue weighted by Gasteiger charge is 2.37. The molecular formula is C21H26N2O3S. The minimum Gasteiger partial charge on any atom is -0.497 e. The average molecular weight is 387 g/mol. The summed E-state index contributed by atoms with van der Waals surface area (Å²) < 4.78 is 5.22. The Bertz CT molecular complexity index is 781. The lowest BCUT2D eigenvalue weighted by molar-refractivity contribution is -0.126. The lowest BCUT2D eigenvalue weighted by Crippen LogP contribution is -2.43. The number of aliphatic hydroxyl groups is 1. The minimum atomic E-state index is -1.11. The van der Waals surface area contributed by atoms with Crippen molar-refractivity contribution in [3.8, 4) is 5.75 Å². The first-order valence-electron chi connectivity index (χ1n) is 9.12. The number of rotatable bonds is 6. The Morgan fingerprint density at radius 1 is 1.19 bits per heavy atom. The molecule has 1 aliphatic heterocycles. The summed E-state index contributed by atoms with van der Waals surface area (Å²) in [5.74, 6) is 0.501. The van der Waals surface area contributed by atoms with Crippen molar-refractivity contribution in [1.29, 1.82) is 0 Å². The summed E-state index contributed by atoms with van der Waals surface area (Å²) in [7, 11) is 3.65. The lowest BCUT2D eigenvalue weighted by atomic mass is 10.1. The standard InChI is InChI=1S/C21H26N2O3S/c1-4-22(2)13-14-23-17-7-5-6-8-18(17)27-20(19(24)21(23)25)15-9-11-16(26-3)12-10-15/h5-12,19-20,24H,4,13-14H2,1-3H3. The summed E-state index contributed by atoms with van der Waals surface area (Å²) in [5, 5.41) is 10.5. The molecule has 0 bridgehead atoms. The van der Waals surface area contributed by atoms with Crippen LogP contribution in [0.5, 0.6) is 5.75 Å². The van der Waals surface area contributed by atoms with E-state index >= 15 is 0 Å². The number of hydrogen-bond donors (Lipinski definition) is 1. The van der Waals surface area contributed by atoms with E-state index in [0.717, 1.165) is 35.0 Å². The molecule has 0 fully saturated rings. The van der Waals surface area contributed by atoms with Gasteiger partial charge in [0, 0.05) is 18.0 Å². The minimum absolute atomic E-state index is 0.252. The molecule has 0 radical (unpaired) electrons. The van der Waals surface area contributed by atoms with E-state index in [-0.39, 0.29) is 11.2 Å². The van der Waals surface area contributed by atoms with Gasteiger partial charge in [-0.15, -0.1) is 11.8 Å². The summed E-state index contributed by atoms with van der Waals surface area (Å²) in [6, 6.07) is 15.4. The van der Waals surface area contributed by atoms with Crippen LogP contribution >= 0.6 is 11.8 Å². The van der Waals surface area contributed by atoms with Crippen molar-refractivity contribution < 1.29 is 14.6 Å². The van der Waals surface area contributed by atoms with E-state index in [4.69, 9.17) is 4.74 Å². The van der Waals surface area contributed by atoms with Gasteiger partial charge in [-0.3, -0.25) is 4.79 Å². The highest BCUT2D eigenvalue weighted by Crippen LogP contribution is 2.45. The number of thioether (sulfide) groups is 1. The molecule has 0 saturated heterocycles. The summed E-state index contributed by atoms with van der Waals surface area (Å²) in [6.45, 7) is 4.30. The Labute approximate surface area is 164 Å². The number of nitrogens with zero attached hydrogens (tertiary/aromatic N) is 2. The number of likely N-dealkylation sites (N-methyl/N-ethyl adjacent to an activating group) is 1. The van der Waals surface area contributed by atoms with Gasteiger partial charge in [0.2, 0.25) is 0 Å². The van der Waals surface area contributed by atoms with E-state index in [1.807, 2.05) is 55.6 Å². The van der Waals surface area contributed by atoms with E-state index in [1.54, 1.807) is 12.0 Å². The van der Waals surface area contributed by atoms with Crippen LogP contribution in [0.2, 0.25) is 0 Å². The van der Waals surface area contributed by atoms with Gasteiger partial charge in [-0.05, 0) is 43.4 Å². The molecule has 0 aliphatic carbocycles. The zero-order valence-electron chi connectivity index (χ0n) is 16.0. The number of ether oxygens (including phenoxy) is 1.